The molecule has 0 fully saturated rings. The highest BCUT2D eigenvalue weighted by atomic mass is 32.2. The van der Waals surface area contributed by atoms with E-state index in [1.165, 1.54) is 18.1 Å². The van der Waals surface area contributed by atoms with Crippen molar-refractivity contribution in [2.45, 2.75) is 16.6 Å². The Kier molecular flexibility index (Phi) is 3.26. The lowest BCUT2D eigenvalue weighted by atomic mass is 10.3. The van der Waals surface area contributed by atoms with Gasteiger partial charge in [-0.05, 0) is 29.5 Å². The van der Waals surface area contributed by atoms with Crippen molar-refractivity contribution in [3.8, 4) is 0 Å². The normalized spacial score (nSPS) is 10.2. The van der Waals surface area contributed by atoms with Gasteiger partial charge >= 0.3 is 0 Å². The zero-order chi connectivity index (χ0) is 10.5. The average Bonchev–Trinajstić information content (AvgIpc) is 2.31. The summed E-state index contributed by atoms with van der Waals surface area (Å²) in [6, 6.07) is 5.76. The minimum atomic E-state index is 0.519. The number of hydrogen-bond acceptors (Lipinski definition) is 5. The van der Waals surface area contributed by atoms with Gasteiger partial charge in [0.1, 0.15) is 16.4 Å². The van der Waals surface area contributed by atoms with Crippen molar-refractivity contribution in [2.24, 2.45) is 5.73 Å². The summed E-state index contributed by atoms with van der Waals surface area (Å²) >= 11 is 1.50. The molecule has 0 amide bonds. The molecular weight excluding hydrogens is 208 g/mol. The molecular formula is C10H10N4S. The molecule has 0 saturated carbocycles. The first-order valence-electron chi connectivity index (χ1n) is 4.47. The van der Waals surface area contributed by atoms with Crippen molar-refractivity contribution in [3.63, 3.8) is 0 Å². The molecule has 2 N–H and O–H groups in total. The maximum atomic E-state index is 5.49. The number of aromatic nitrogens is 3. The van der Waals surface area contributed by atoms with Gasteiger partial charge in [0.05, 0.1) is 0 Å². The predicted octanol–water partition coefficient (Wildman–Crippen LogP) is 1.48. The number of nitrogens with zero attached hydrogens (tertiary/aromatic N) is 3. The molecule has 2 aromatic heterocycles. The Hall–Kier alpha value is -1.46. The smallest absolute Gasteiger partial charge is 0.116 e. The second-order valence-corrected chi connectivity index (χ2v) is 3.90. The van der Waals surface area contributed by atoms with Crippen molar-refractivity contribution in [1.29, 1.82) is 0 Å². The van der Waals surface area contributed by atoms with Crippen molar-refractivity contribution >= 4 is 11.8 Å². The molecule has 0 aromatic carbocycles. The van der Waals surface area contributed by atoms with Crippen molar-refractivity contribution < 1.29 is 0 Å². The van der Waals surface area contributed by atoms with Crippen LogP contribution in [-0.2, 0) is 6.54 Å². The lowest BCUT2D eigenvalue weighted by Gasteiger charge is -2.00. The molecule has 0 spiro atoms. The van der Waals surface area contributed by atoms with E-state index in [2.05, 4.69) is 15.0 Å². The monoisotopic (exact) mass is 218 g/mol. The largest absolute Gasteiger partial charge is 0.326 e. The minimum absolute atomic E-state index is 0.519. The third kappa shape index (κ3) is 2.74. The number of hydrogen-bond donors (Lipinski definition) is 1. The van der Waals surface area contributed by atoms with Gasteiger partial charge in [-0.3, -0.25) is 0 Å². The molecule has 5 heteroatoms. The van der Waals surface area contributed by atoms with E-state index in [-0.39, 0.29) is 0 Å². The Bertz CT molecular complexity index is 415. The van der Waals surface area contributed by atoms with E-state index in [1.54, 1.807) is 12.4 Å². The van der Waals surface area contributed by atoms with E-state index in [9.17, 15) is 0 Å². The van der Waals surface area contributed by atoms with Gasteiger partial charge in [-0.25, -0.2) is 15.0 Å². The van der Waals surface area contributed by atoms with Crippen LogP contribution in [0.1, 0.15) is 5.56 Å². The fourth-order valence-corrected chi connectivity index (χ4v) is 1.72. The van der Waals surface area contributed by atoms with Crippen LogP contribution in [0.2, 0.25) is 0 Å². The van der Waals surface area contributed by atoms with Gasteiger partial charge < -0.3 is 5.73 Å². The molecule has 0 aliphatic heterocycles. The predicted molar refractivity (Wildman–Crippen MR) is 58.3 cm³/mol. The van der Waals surface area contributed by atoms with Crippen LogP contribution in [-0.4, -0.2) is 15.0 Å². The van der Waals surface area contributed by atoms with Gasteiger partial charge in [0.25, 0.3) is 0 Å². The molecule has 0 bridgehead atoms. The van der Waals surface area contributed by atoms with E-state index in [0.29, 0.717) is 6.54 Å². The van der Waals surface area contributed by atoms with Gasteiger partial charge in [0.15, 0.2) is 0 Å². The molecule has 2 aromatic rings. The number of rotatable bonds is 3. The highest BCUT2D eigenvalue weighted by molar-refractivity contribution is 7.99. The zero-order valence-electron chi connectivity index (χ0n) is 8.00. The lowest BCUT2D eigenvalue weighted by Crippen LogP contribution is -1.96. The summed E-state index contributed by atoms with van der Waals surface area (Å²) in [6.07, 6.45) is 5.02. The van der Waals surface area contributed by atoms with Crippen LogP contribution < -0.4 is 5.73 Å². The van der Waals surface area contributed by atoms with Gasteiger partial charge in [-0.1, -0.05) is 6.07 Å². The maximum Gasteiger partial charge on any atom is 0.116 e. The molecule has 15 heavy (non-hydrogen) atoms. The molecule has 0 aliphatic carbocycles. The lowest BCUT2D eigenvalue weighted by molar-refractivity contribution is 1.00. The summed E-state index contributed by atoms with van der Waals surface area (Å²) in [4.78, 5) is 12.2. The minimum Gasteiger partial charge on any atom is -0.326 e. The van der Waals surface area contributed by atoms with Crippen LogP contribution in [0.4, 0.5) is 0 Å². The summed E-state index contributed by atoms with van der Waals surface area (Å²) in [6.45, 7) is 0.519. The summed E-state index contributed by atoms with van der Waals surface area (Å²) in [5.41, 5.74) is 6.51. The molecule has 0 unspecified atom stereocenters. The number of nitrogens with two attached hydrogens (primary N) is 1. The van der Waals surface area contributed by atoms with Crippen molar-refractivity contribution in [1.82, 2.24) is 15.0 Å². The van der Waals surface area contributed by atoms with Crippen LogP contribution in [0.25, 0.3) is 0 Å². The van der Waals surface area contributed by atoms with Crippen molar-refractivity contribution in [3.05, 3.63) is 42.5 Å². The molecule has 0 radical (unpaired) electrons. The zero-order valence-corrected chi connectivity index (χ0v) is 8.81. The first-order chi connectivity index (χ1) is 7.38. The fourth-order valence-electron chi connectivity index (χ4n) is 1.04. The standard InChI is InChI=1S/C10H10N4S/c11-5-8-1-2-9(13-6-8)15-10-3-4-12-7-14-10/h1-4,6-7H,5,11H2. The fraction of sp³-hybridized carbons (Fsp3) is 0.100. The van der Waals surface area contributed by atoms with Crippen LogP contribution in [0, 0.1) is 0 Å². The topological polar surface area (TPSA) is 64.7 Å². The van der Waals surface area contributed by atoms with E-state index < -0.39 is 0 Å². The summed E-state index contributed by atoms with van der Waals surface area (Å²) in [5.74, 6) is 0. The van der Waals surface area contributed by atoms with E-state index >= 15 is 0 Å². The Morgan fingerprint density at radius 3 is 2.60 bits per heavy atom. The molecule has 2 rings (SSSR count). The Morgan fingerprint density at radius 2 is 2.00 bits per heavy atom. The van der Waals surface area contributed by atoms with Gasteiger partial charge in [0, 0.05) is 18.9 Å². The van der Waals surface area contributed by atoms with Gasteiger partial charge in [-0.15, -0.1) is 0 Å². The van der Waals surface area contributed by atoms with E-state index in [1.807, 2.05) is 18.2 Å². The van der Waals surface area contributed by atoms with Gasteiger partial charge in [-0.2, -0.15) is 0 Å². The summed E-state index contributed by atoms with van der Waals surface area (Å²) in [7, 11) is 0. The average molecular weight is 218 g/mol. The van der Waals surface area contributed by atoms with E-state index in [4.69, 9.17) is 5.73 Å². The Balaban J connectivity index is 2.11. The Morgan fingerprint density at radius 1 is 1.13 bits per heavy atom. The SMILES string of the molecule is NCc1ccc(Sc2ccncn2)nc1. The second kappa shape index (κ2) is 4.86. The van der Waals surface area contributed by atoms with Crippen LogP contribution in [0.15, 0.2) is 47.0 Å². The summed E-state index contributed by atoms with van der Waals surface area (Å²) < 4.78 is 0. The van der Waals surface area contributed by atoms with Crippen LogP contribution in [0.3, 0.4) is 0 Å². The molecule has 0 aliphatic rings. The molecule has 2 heterocycles. The Labute approximate surface area is 92.0 Å². The molecule has 4 nitrogen and oxygen atoms in total. The third-order valence-corrected chi connectivity index (χ3v) is 2.70. The second-order valence-electron chi connectivity index (χ2n) is 2.86. The highest BCUT2D eigenvalue weighted by Gasteiger charge is 1.99. The highest BCUT2D eigenvalue weighted by Crippen LogP contribution is 2.22. The maximum absolute atomic E-state index is 5.49. The van der Waals surface area contributed by atoms with E-state index in [0.717, 1.165) is 15.6 Å². The quantitative estimate of drug-likeness (QED) is 0.790. The first-order valence-corrected chi connectivity index (χ1v) is 5.29. The van der Waals surface area contributed by atoms with Crippen LogP contribution in [0.5, 0.6) is 0 Å². The molecule has 0 atom stereocenters. The first kappa shape index (κ1) is 10.1. The van der Waals surface area contributed by atoms with Crippen molar-refractivity contribution in [2.75, 3.05) is 0 Å². The summed E-state index contributed by atoms with van der Waals surface area (Å²) in [5, 5.41) is 1.80. The molecule has 76 valence electrons. The number of pyridine rings is 1. The van der Waals surface area contributed by atoms with Gasteiger partial charge in [0.2, 0.25) is 0 Å². The van der Waals surface area contributed by atoms with Crippen LogP contribution >= 0.6 is 11.8 Å². The third-order valence-electron chi connectivity index (χ3n) is 1.80. The molecule has 0 saturated heterocycles.